The molecule has 1 aromatic carbocycles. The van der Waals surface area contributed by atoms with Crippen molar-refractivity contribution in [2.75, 3.05) is 19.0 Å². The highest BCUT2D eigenvalue weighted by atomic mass is 32.1. The number of amides is 2. The van der Waals surface area contributed by atoms with Crippen molar-refractivity contribution >= 4 is 28.3 Å². The fraction of sp³-hybridized carbons (Fsp3) is 0.421. The van der Waals surface area contributed by atoms with Crippen molar-refractivity contribution in [1.82, 2.24) is 9.88 Å². The maximum absolute atomic E-state index is 12.8. The van der Waals surface area contributed by atoms with Crippen LogP contribution in [0, 0.1) is 6.92 Å². The molecule has 1 heterocycles. The van der Waals surface area contributed by atoms with Crippen LogP contribution >= 0.6 is 11.3 Å². The van der Waals surface area contributed by atoms with E-state index in [0.29, 0.717) is 5.13 Å². The van der Waals surface area contributed by atoms with Gasteiger partial charge in [-0.3, -0.25) is 9.59 Å². The van der Waals surface area contributed by atoms with E-state index in [9.17, 15) is 9.59 Å². The third-order valence-corrected chi connectivity index (χ3v) is 4.97. The Bertz CT molecular complexity index is 743. The van der Waals surface area contributed by atoms with Gasteiger partial charge in [0.15, 0.2) is 5.13 Å². The fourth-order valence-electron chi connectivity index (χ4n) is 2.46. The summed E-state index contributed by atoms with van der Waals surface area (Å²) in [4.78, 5) is 31.9. The summed E-state index contributed by atoms with van der Waals surface area (Å²) in [6, 6.07) is 7.36. The molecule has 26 heavy (non-hydrogen) atoms. The van der Waals surface area contributed by atoms with E-state index in [2.05, 4.69) is 10.3 Å². The summed E-state index contributed by atoms with van der Waals surface area (Å²) in [5.74, 6) is 0.441. The molecule has 0 spiro atoms. The SMILES string of the molecule is CCC(C)N(CC(=O)Nc1ncc(C)s1)C(=O)Cc1ccc(OC)cc1. The smallest absolute Gasteiger partial charge is 0.245 e. The number of thiazole rings is 1. The number of aromatic nitrogens is 1. The number of ether oxygens (including phenoxy) is 1. The zero-order valence-corrected chi connectivity index (χ0v) is 16.4. The van der Waals surface area contributed by atoms with Gasteiger partial charge in [-0.15, -0.1) is 11.3 Å². The van der Waals surface area contributed by atoms with E-state index in [1.807, 2.05) is 45.0 Å². The van der Waals surface area contributed by atoms with Crippen molar-refractivity contribution in [1.29, 1.82) is 0 Å². The molecule has 0 radical (unpaired) electrons. The molecule has 2 rings (SSSR count). The second-order valence-electron chi connectivity index (χ2n) is 6.13. The molecule has 2 aromatic rings. The number of carbonyl (C=O) groups is 2. The van der Waals surface area contributed by atoms with Gasteiger partial charge in [0, 0.05) is 17.1 Å². The van der Waals surface area contributed by atoms with Gasteiger partial charge in [0.05, 0.1) is 13.5 Å². The maximum atomic E-state index is 12.8. The Balaban J connectivity index is 2.02. The Morgan fingerprint density at radius 1 is 1.31 bits per heavy atom. The molecule has 1 atom stereocenters. The number of anilines is 1. The summed E-state index contributed by atoms with van der Waals surface area (Å²) < 4.78 is 5.13. The van der Waals surface area contributed by atoms with Gasteiger partial charge in [0.1, 0.15) is 12.3 Å². The normalized spacial score (nSPS) is 11.7. The van der Waals surface area contributed by atoms with Crippen molar-refractivity contribution < 1.29 is 14.3 Å². The van der Waals surface area contributed by atoms with Crippen LogP contribution in [0.3, 0.4) is 0 Å². The summed E-state index contributed by atoms with van der Waals surface area (Å²) in [7, 11) is 1.60. The Kier molecular flexibility index (Phi) is 7.15. The largest absolute Gasteiger partial charge is 0.497 e. The van der Waals surface area contributed by atoms with Gasteiger partial charge in [-0.1, -0.05) is 19.1 Å². The third-order valence-electron chi connectivity index (χ3n) is 4.14. The summed E-state index contributed by atoms with van der Waals surface area (Å²) in [5.41, 5.74) is 0.889. The number of nitrogens with one attached hydrogen (secondary N) is 1. The summed E-state index contributed by atoms with van der Waals surface area (Å²) >= 11 is 1.41. The Hall–Kier alpha value is -2.41. The lowest BCUT2D eigenvalue weighted by molar-refractivity contribution is -0.136. The molecule has 0 aliphatic carbocycles. The minimum absolute atomic E-state index is 0.0165. The van der Waals surface area contributed by atoms with Crippen molar-refractivity contribution in [3.8, 4) is 5.75 Å². The van der Waals surface area contributed by atoms with Crippen LogP contribution in [0.2, 0.25) is 0 Å². The predicted octanol–water partition coefficient (Wildman–Crippen LogP) is 3.27. The highest BCUT2D eigenvalue weighted by Gasteiger charge is 2.22. The molecule has 6 nitrogen and oxygen atoms in total. The van der Waals surface area contributed by atoms with Crippen molar-refractivity contribution in [3.63, 3.8) is 0 Å². The lowest BCUT2D eigenvalue weighted by atomic mass is 10.1. The van der Waals surface area contributed by atoms with Crippen LogP contribution in [0.15, 0.2) is 30.5 Å². The van der Waals surface area contributed by atoms with Gasteiger partial charge in [-0.2, -0.15) is 0 Å². The topological polar surface area (TPSA) is 71.5 Å². The van der Waals surface area contributed by atoms with Crippen LogP contribution in [0.4, 0.5) is 5.13 Å². The summed E-state index contributed by atoms with van der Waals surface area (Å²) in [6.45, 7) is 5.90. The molecule has 0 aliphatic heterocycles. The molecule has 1 N–H and O–H groups in total. The lowest BCUT2D eigenvalue weighted by Crippen LogP contribution is -2.44. The van der Waals surface area contributed by atoms with E-state index in [1.165, 1.54) is 11.3 Å². The van der Waals surface area contributed by atoms with Gasteiger partial charge in [0.25, 0.3) is 0 Å². The predicted molar refractivity (Wildman–Crippen MR) is 104 cm³/mol. The molecule has 0 aliphatic rings. The molecular weight excluding hydrogens is 350 g/mol. The van der Waals surface area contributed by atoms with Crippen LogP contribution in [0.5, 0.6) is 5.75 Å². The van der Waals surface area contributed by atoms with Crippen LogP contribution in [-0.2, 0) is 16.0 Å². The van der Waals surface area contributed by atoms with Crippen LogP contribution in [0.25, 0.3) is 0 Å². The number of nitrogens with zero attached hydrogens (tertiary/aromatic N) is 2. The Labute approximate surface area is 158 Å². The number of methoxy groups -OCH3 is 1. The van der Waals surface area contributed by atoms with Crippen LogP contribution in [-0.4, -0.2) is 41.4 Å². The molecule has 0 saturated carbocycles. The van der Waals surface area contributed by atoms with Crippen molar-refractivity contribution in [2.24, 2.45) is 0 Å². The summed E-state index contributed by atoms with van der Waals surface area (Å²) in [5, 5.41) is 3.32. The van der Waals surface area contributed by atoms with Crippen molar-refractivity contribution in [2.45, 2.75) is 39.7 Å². The molecule has 0 bridgehead atoms. The Morgan fingerprint density at radius 3 is 2.54 bits per heavy atom. The van der Waals surface area contributed by atoms with E-state index in [0.717, 1.165) is 22.6 Å². The minimum atomic E-state index is -0.234. The molecule has 0 saturated heterocycles. The van der Waals surface area contributed by atoms with Crippen LogP contribution in [0.1, 0.15) is 30.7 Å². The summed E-state index contributed by atoms with van der Waals surface area (Å²) in [6.07, 6.45) is 2.73. The molecule has 140 valence electrons. The number of benzene rings is 1. The molecule has 2 amide bonds. The second kappa shape index (κ2) is 9.33. The molecule has 1 unspecified atom stereocenters. The van der Waals surface area contributed by atoms with E-state index >= 15 is 0 Å². The number of rotatable bonds is 8. The van der Waals surface area contributed by atoms with Gasteiger partial charge < -0.3 is 15.0 Å². The van der Waals surface area contributed by atoms with Gasteiger partial charge in [-0.05, 0) is 38.0 Å². The Morgan fingerprint density at radius 2 is 2.00 bits per heavy atom. The standard InChI is InChI=1S/C19H25N3O3S/c1-5-13(2)22(12-17(23)21-19-20-11-14(3)26-19)18(24)10-15-6-8-16(25-4)9-7-15/h6-9,11,13H,5,10,12H2,1-4H3,(H,20,21,23). The number of hydrogen-bond acceptors (Lipinski definition) is 5. The number of carbonyl (C=O) groups excluding carboxylic acids is 2. The zero-order chi connectivity index (χ0) is 19.1. The van der Waals surface area contributed by atoms with E-state index < -0.39 is 0 Å². The average Bonchev–Trinajstić information content (AvgIpc) is 3.04. The first-order valence-corrected chi connectivity index (χ1v) is 9.39. The van der Waals surface area contributed by atoms with E-state index in [-0.39, 0.29) is 30.8 Å². The van der Waals surface area contributed by atoms with E-state index in [4.69, 9.17) is 4.74 Å². The average molecular weight is 375 g/mol. The second-order valence-corrected chi connectivity index (χ2v) is 7.36. The van der Waals surface area contributed by atoms with Gasteiger partial charge >= 0.3 is 0 Å². The highest BCUT2D eigenvalue weighted by molar-refractivity contribution is 7.15. The number of aryl methyl sites for hydroxylation is 1. The number of hydrogen-bond donors (Lipinski definition) is 1. The van der Waals surface area contributed by atoms with Crippen LogP contribution < -0.4 is 10.1 Å². The monoisotopic (exact) mass is 375 g/mol. The lowest BCUT2D eigenvalue weighted by Gasteiger charge is -2.28. The fourth-order valence-corrected chi connectivity index (χ4v) is 3.14. The van der Waals surface area contributed by atoms with Gasteiger partial charge in [-0.25, -0.2) is 4.98 Å². The maximum Gasteiger partial charge on any atom is 0.245 e. The quantitative estimate of drug-likeness (QED) is 0.769. The van der Waals surface area contributed by atoms with Gasteiger partial charge in [0.2, 0.25) is 11.8 Å². The van der Waals surface area contributed by atoms with Crippen molar-refractivity contribution in [3.05, 3.63) is 40.9 Å². The first-order valence-electron chi connectivity index (χ1n) is 8.57. The minimum Gasteiger partial charge on any atom is -0.497 e. The molecular formula is C19H25N3O3S. The first-order chi connectivity index (χ1) is 12.4. The molecule has 7 heteroatoms. The van der Waals surface area contributed by atoms with E-state index in [1.54, 1.807) is 18.2 Å². The zero-order valence-electron chi connectivity index (χ0n) is 15.6. The molecule has 0 fully saturated rings. The third kappa shape index (κ3) is 5.56. The highest BCUT2D eigenvalue weighted by Crippen LogP contribution is 2.17. The molecule has 1 aromatic heterocycles. The first kappa shape index (κ1) is 19.9.